The first-order valence-electron chi connectivity index (χ1n) is 5.77. The van der Waals surface area contributed by atoms with E-state index in [9.17, 15) is 0 Å². The molecule has 76 valence electrons. The predicted octanol–water partition coefficient (Wildman–Crippen LogP) is 1.33. The van der Waals surface area contributed by atoms with E-state index in [-0.39, 0.29) is 0 Å². The smallest absolute Gasteiger partial charge is 0.0125 e. The van der Waals surface area contributed by atoms with Crippen LogP contribution in [0.1, 0.15) is 26.7 Å². The second-order valence-electron chi connectivity index (χ2n) is 4.64. The van der Waals surface area contributed by atoms with Gasteiger partial charge in [0.25, 0.3) is 0 Å². The standard InChI is InChI=1S/C11H22N2/c1-3-11(10-8-9(10)2)13-6-4-12-5-7-13/h9-12H,3-8H2,1-2H3. The molecule has 3 unspecified atom stereocenters. The van der Waals surface area contributed by atoms with Crippen LogP contribution in [0.25, 0.3) is 0 Å². The fraction of sp³-hybridized carbons (Fsp3) is 1.00. The molecule has 0 spiro atoms. The summed E-state index contributed by atoms with van der Waals surface area (Å²) in [7, 11) is 0. The van der Waals surface area contributed by atoms with E-state index < -0.39 is 0 Å². The fourth-order valence-corrected chi connectivity index (χ4v) is 2.73. The molecule has 1 saturated heterocycles. The SMILES string of the molecule is CCC(C1CC1C)N1CCNCC1. The van der Waals surface area contributed by atoms with E-state index in [0.29, 0.717) is 0 Å². The summed E-state index contributed by atoms with van der Waals surface area (Å²) in [6.45, 7) is 9.66. The van der Waals surface area contributed by atoms with Crippen LogP contribution in [0.4, 0.5) is 0 Å². The molecule has 3 atom stereocenters. The first-order chi connectivity index (χ1) is 6.33. The molecule has 0 radical (unpaired) electrons. The van der Waals surface area contributed by atoms with Gasteiger partial charge in [-0.2, -0.15) is 0 Å². The molecule has 1 aliphatic heterocycles. The van der Waals surface area contributed by atoms with Crippen molar-refractivity contribution in [3.63, 3.8) is 0 Å². The van der Waals surface area contributed by atoms with Crippen molar-refractivity contribution in [3.05, 3.63) is 0 Å². The largest absolute Gasteiger partial charge is 0.314 e. The van der Waals surface area contributed by atoms with Crippen LogP contribution in [-0.2, 0) is 0 Å². The maximum Gasteiger partial charge on any atom is 0.0125 e. The highest BCUT2D eigenvalue weighted by Gasteiger charge is 2.41. The van der Waals surface area contributed by atoms with Crippen molar-refractivity contribution >= 4 is 0 Å². The van der Waals surface area contributed by atoms with Gasteiger partial charge < -0.3 is 5.32 Å². The molecule has 1 N–H and O–H groups in total. The van der Waals surface area contributed by atoms with Crippen molar-refractivity contribution < 1.29 is 0 Å². The van der Waals surface area contributed by atoms with Gasteiger partial charge >= 0.3 is 0 Å². The molecule has 1 heterocycles. The number of nitrogens with zero attached hydrogens (tertiary/aromatic N) is 1. The van der Waals surface area contributed by atoms with Gasteiger partial charge in [0.2, 0.25) is 0 Å². The molecule has 1 saturated carbocycles. The molecule has 0 amide bonds. The third-order valence-corrected chi connectivity index (χ3v) is 3.70. The van der Waals surface area contributed by atoms with Gasteiger partial charge in [0.15, 0.2) is 0 Å². The van der Waals surface area contributed by atoms with E-state index in [1.165, 1.54) is 39.0 Å². The predicted molar refractivity (Wildman–Crippen MR) is 55.8 cm³/mol. The fourth-order valence-electron chi connectivity index (χ4n) is 2.73. The van der Waals surface area contributed by atoms with Gasteiger partial charge in [0.1, 0.15) is 0 Å². The zero-order valence-corrected chi connectivity index (χ0v) is 8.92. The van der Waals surface area contributed by atoms with Crippen molar-refractivity contribution in [1.82, 2.24) is 10.2 Å². The molecule has 0 aromatic heterocycles. The van der Waals surface area contributed by atoms with Crippen LogP contribution in [0, 0.1) is 11.8 Å². The highest BCUT2D eigenvalue weighted by molar-refractivity contribution is 4.93. The molecule has 0 aromatic rings. The third-order valence-electron chi connectivity index (χ3n) is 3.70. The van der Waals surface area contributed by atoms with Crippen LogP contribution < -0.4 is 5.32 Å². The topological polar surface area (TPSA) is 15.3 Å². The van der Waals surface area contributed by atoms with Gasteiger partial charge in [0.05, 0.1) is 0 Å². The Kier molecular flexibility index (Phi) is 2.89. The maximum absolute atomic E-state index is 3.42. The number of hydrogen-bond donors (Lipinski definition) is 1. The molecule has 2 rings (SSSR count). The summed E-state index contributed by atoms with van der Waals surface area (Å²) in [6, 6.07) is 0.886. The minimum Gasteiger partial charge on any atom is -0.314 e. The summed E-state index contributed by atoms with van der Waals surface area (Å²) in [6.07, 6.45) is 2.82. The quantitative estimate of drug-likeness (QED) is 0.708. The molecule has 13 heavy (non-hydrogen) atoms. The van der Waals surface area contributed by atoms with E-state index in [4.69, 9.17) is 0 Å². The number of piperazine rings is 1. The van der Waals surface area contributed by atoms with Crippen LogP contribution in [-0.4, -0.2) is 37.1 Å². The molecule has 2 aliphatic rings. The van der Waals surface area contributed by atoms with Crippen molar-refractivity contribution in [2.24, 2.45) is 11.8 Å². The first kappa shape index (κ1) is 9.47. The molecule has 2 nitrogen and oxygen atoms in total. The molecular weight excluding hydrogens is 160 g/mol. The van der Waals surface area contributed by atoms with E-state index in [1.54, 1.807) is 0 Å². The van der Waals surface area contributed by atoms with Crippen molar-refractivity contribution in [3.8, 4) is 0 Å². The lowest BCUT2D eigenvalue weighted by molar-refractivity contribution is 0.147. The minimum atomic E-state index is 0.886. The Hall–Kier alpha value is -0.0800. The molecule has 1 aliphatic carbocycles. The zero-order valence-electron chi connectivity index (χ0n) is 8.92. The van der Waals surface area contributed by atoms with Crippen LogP contribution in [0.15, 0.2) is 0 Å². The Morgan fingerprint density at radius 3 is 2.46 bits per heavy atom. The van der Waals surface area contributed by atoms with Crippen LogP contribution >= 0.6 is 0 Å². The Bertz CT molecular complexity index is 163. The summed E-state index contributed by atoms with van der Waals surface area (Å²) in [5, 5.41) is 3.42. The third kappa shape index (κ3) is 2.05. The van der Waals surface area contributed by atoms with Crippen LogP contribution in [0.5, 0.6) is 0 Å². The average Bonchev–Trinajstić information content (AvgIpc) is 2.86. The van der Waals surface area contributed by atoms with Crippen LogP contribution in [0.2, 0.25) is 0 Å². The molecule has 2 fully saturated rings. The highest BCUT2D eigenvalue weighted by atomic mass is 15.2. The zero-order chi connectivity index (χ0) is 9.26. The Labute approximate surface area is 81.7 Å². The van der Waals surface area contributed by atoms with E-state index in [2.05, 4.69) is 24.1 Å². The summed E-state index contributed by atoms with van der Waals surface area (Å²) in [5.41, 5.74) is 0. The Morgan fingerprint density at radius 1 is 1.38 bits per heavy atom. The first-order valence-corrected chi connectivity index (χ1v) is 5.77. The number of rotatable bonds is 3. The minimum absolute atomic E-state index is 0.886. The van der Waals surface area contributed by atoms with Crippen molar-refractivity contribution in [2.75, 3.05) is 26.2 Å². The van der Waals surface area contributed by atoms with Gasteiger partial charge in [-0.25, -0.2) is 0 Å². The summed E-state index contributed by atoms with van der Waals surface area (Å²) < 4.78 is 0. The Balaban J connectivity index is 1.87. The van der Waals surface area contributed by atoms with Gasteiger partial charge in [-0.15, -0.1) is 0 Å². The van der Waals surface area contributed by atoms with E-state index in [0.717, 1.165) is 17.9 Å². The van der Waals surface area contributed by atoms with Crippen LogP contribution in [0.3, 0.4) is 0 Å². The normalized spacial score (nSPS) is 37.4. The highest BCUT2D eigenvalue weighted by Crippen LogP contribution is 2.43. The number of hydrogen-bond acceptors (Lipinski definition) is 2. The number of nitrogens with one attached hydrogen (secondary N) is 1. The van der Waals surface area contributed by atoms with Gasteiger partial charge in [0, 0.05) is 32.2 Å². The molecule has 0 aromatic carbocycles. The second-order valence-corrected chi connectivity index (χ2v) is 4.64. The molecule has 2 heteroatoms. The second kappa shape index (κ2) is 3.97. The molecule has 0 bridgehead atoms. The van der Waals surface area contributed by atoms with Crippen molar-refractivity contribution in [2.45, 2.75) is 32.7 Å². The summed E-state index contributed by atoms with van der Waals surface area (Å²) >= 11 is 0. The van der Waals surface area contributed by atoms with E-state index >= 15 is 0 Å². The molecular formula is C11H22N2. The maximum atomic E-state index is 3.42. The van der Waals surface area contributed by atoms with Gasteiger partial charge in [-0.1, -0.05) is 13.8 Å². The van der Waals surface area contributed by atoms with Gasteiger partial charge in [-0.3, -0.25) is 4.90 Å². The lowest BCUT2D eigenvalue weighted by Gasteiger charge is -2.34. The summed E-state index contributed by atoms with van der Waals surface area (Å²) in [5.74, 6) is 2.02. The summed E-state index contributed by atoms with van der Waals surface area (Å²) in [4.78, 5) is 2.70. The lowest BCUT2D eigenvalue weighted by atomic mass is 10.1. The lowest BCUT2D eigenvalue weighted by Crippen LogP contribution is -2.49. The Morgan fingerprint density at radius 2 is 2.00 bits per heavy atom. The monoisotopic (exact) mass is 182 g/mol. The van der Waals surface area contributed by atoms with Crippen molar-refractivity contribution in [1.29, 1.82) is 0 Å². The van der Waals surface area contributed by atoms with E-state index in [1.807, 2.05) is 0 Å². The average molecular weight is 182 g/mol. The van der Waals surface area contributed by atoms with Gasteiger partial charge in [-0.05, 0) is 24.7 Å².